The molecule has 0 saturated heterocycles. The number of hydrogen-bond donors (Lipinski definition) is 1. The van der Waals surface area contributed by atoms with E-state index in [2.05, 4.69) is 20.7 Å². The molecule has 2 aromatic carbocycles. The number of rotatable bonds is 3. The molecule has 25 heavy (non-hydrogen) atoms. The lowest BCUT2D eigenvalue weighted by molar-refractivity contribution is -0.125. The fourth-order valence-electron chi connectivity index (χ4n) is 3.73. The van der Waals surface area contributed by atoms with Gasteiger partial charge in [-0.1, -0.05) is 34.5 Å². The molecule has 0 aliphatic heterocycles. The molecule has 0 heterocycles. The zero-order chi connectivity index (χ0) is 17.8. The van der Waals surface area contributed by atoms with Crippen molar-refractivity contribution in [3.8, 4) is 0 Å². The van der Waals surface area contributed by atoms with E-state index < -0.39 is 26.2 Å². The fourth-order valence-corrected chi connectivity index (χ4v) is 5.45. The van der Waals surface area contributed by atoms with E-state index in [1.165, 1.54) is 18.2 Å². The van der Waals surface area contributed by atoms with Crippen LogP contribution in [0.3, 0.4) is 0 Å². The van der Waals surface area contributed by atoms with Crippen LogP contribution in [-0.4, -0.2) is 14.2 Å². The summed E-state index contributed by atoms with van der Waals surface area (Å²) in [7, 11) is -4.05. The van der Waals surface area contributed by atoms with E-state index in [4.69, 9.17) is 0 Å². The Balaban J connectivity index is 1.75. The second-order valence-corrected chi connectivity index (χ2v) is 9.06. The van der Waals surface area contributed by atoms with Crippen LogP contribution in [0.15, 0.2) is 45.8 Å². The Labute approximate surface area is 153 Å². The first kappa shape index (κ1) is 16.7. The van der Waals surface area contributed by atoms with E-state index in [-0.39, 0.29) is 5.78 Å². The van der Waals surface area contributed by atoms with Gasteiger partial charge >= 0.3 is 0 Å². The number of sulfonamides is 1. The third-order valence-electron chi connectivity index (χ3n) is 5.17. The van der Waals surface area contributed by atoms with Crippen molar-refractivity contribution in [2.45, 2.75) is 36.0 Å². The average molecular weight is 424 g/mol. The number of carbonyl (C=O) groups excluding carboxylic acids is 1. The molecule has 1 spiro atoms. The molecule has 4 nitrogen and oxygen atoms in total. The van der Waals surface area contributed by atoms with Gasteiger partial charge in [0, 0.05) is 10.9 Å². The summed E-state index contributed by atoms with van der Waals surface area (Å²) in [5.41, 5.74) is 1.69. The fraction of sp³-hybridized carbons (Fsp3) is 0.278. The second kappa shape index (κ2) is 5.64. The number of anilines is 1. The summed E-state index contributed by atoms with van der Waals surface area (Å²) in [6, 6.07) is 8.58. The van der Waals surface area contributed by atoms with Gasteiger partial charge in [-0.3, -0.25) is 9.52 Å². The molecule has 0 atom stereocenters. The summed E-state index contributed by atoms with van der Waals surface area (Å²) in [4.78, 5) is 12.0. The van der Waals surface area contributed by atoms with E-state index in [0.29, 0.717) is 16.6 Å². The molecule has 4 rings (SSSR count). The van der Waals surface area contributed by atoms with Crippen LogP contribution in [0.1, 0.15) is 30.4 Å². The third-order valence-corrected chi connectivity index (χ3v) is 7.29. The van der Waals surface area contributed by atoms with E-state index in [0.717, 1.165) is 36.5 Å². The van der Waals surface area contributed by atoms with Crippen LogP contribution in [0.25, 0.3) is 0 Å². The van der Waals surface area contributed by atoms with Crippen LogP contribution in [0, 0.1) is 5.82 Å². The Morgan fingerprint density at radius 2 is 1.88 bits per heavy atom. The highest BCUT2D eigenvalue weighted by atomic mass is 79.9. The van der Waals surface area contributed by atoms with Gasteiger partial charge in [-0.2, -0.15) is 0 Å². The normalized spacial score (nSPS) is 18.1. The highest BCUT2D eigenvalue weighted by Gasteiger charge is 2.51. The summed E-state index contributed by atoms with van der Waals surface area (Å²) in [6.45, 7) is 0. The van der Waals surface area contributed by atoms with Crippen LogP contribution in [0.2, 0.25) is 0 Å². The molecule has 1 N–H and O–H groups in total. The van der Waals surface area contributed by atoms with Crippen molar-refractivity contribution < 1.29 is 17.6 Å². The number of ketones is 1. The van der Waals surface area contributed by atoms with Gasteiger partial charge in [0.2, 0.25) is 0 Å². The zero-order valence-electron chi connectivity index (χ0n) is 13.2. The molecule has 130 valence electrons. The van der Waals surface area contributed by atoms with Crippen LogP contribution < -0.4 is 4.72 Å². The number of nitrogens with one attached hydrogen (secondary N) is 1. The Morgan fingerprint density at radius 1 is 1.16 bits per heavy atom. The lowest BCUT2D eigenvalue weighted by atomic mass is 9.64. The predicted molar refractivity (Wildman–Crippen MR) is 95.6 cm³/mol. The van der Waals surface area contributed by atoms with E-state index in [9.17, 15) is 17.6 Å². The Bertz CT molecular complexity index is 999. The highest BCUT2D eigenvalue weighted by molar-refractivity contribution is 9.10. The molecule has 0 bridgehead atoms. The summed E-state index contributed by atoms with van der Waals surface area (Å²) in [6.07, 6.45) is 2.97. The van der Waals surface area contributed by atoms with Crippen LogP contribution in [0.4, 0.5) is 10.1 Å². The third kappa shape index (κ3) is 2.52. The number of carbonyl (C=O) groups is 1. The van der Waals surface area contributed by atoms with Gasteiger partial charge in [-0.25, -0.2) is 12.8 Å². The molecule has 0 radical (unpaired) electrons. The Kier molecular flexibility index (Phi) is 3.77. The van der Waals surface area contributed by atoms with Crippen molar-refractivity contribution >= 4 is 37.4 Å². The zero-order valence-corrected chi connectivity index (χ0v) is 15.6. The van der Waals surface area contributed by atoms with Crippen molar-refractivity contribution in [3.05, 3.63) is 57.8 Å². The molecule has 2 aliphatic rings. The summed E-state index contributed by atoms with van der Waals surface area (Å²) in [5.74, 6) is -0.607. The lowest BCUT2D eigenvalue weighted by Crippen LogP contribution is -2.39. The number of halogens is 2. The number of benzene rings is 2. The van der Waals surface area contributed by atoms with Crippen molar-refractivity contribution in [1.29, 1.82) is 0 Å². The molecule has 0 amide bonds. The molecule has 0 unspecified atom stereocenters. The van der Waals surface area contributed by atoms with E-state index in [1.807, 2.05) is 0 Å². The second-order valence-electron chi connectivity index (χ2n) is 6.56. The highest BCUT2D eigenvalue weighted by Crippen LogP contribution is 2.52. The quantitative estimate of drug-likeness (QED) is 0.812. The van der Waals surface area contributed by atoms with Crippen molar-refractivity contribution in [2.24, 2.45) is 0 Å². The SMILES string of the molecule is O=C1Cc2c(Br)cc(NS(=O)(=O)c3ccccc3F)cc2C12CCC2. The first-order chi connectivity index (χ1) is 11.8. The summed E-state index contributed by atoms with van der Waals surface area (Å²) >= 11 is 3.45. The van der Waals surface area contributed by atoms with Gasteiger partial charge < -0.3 is 0 Å². The van der Waals surface area contributed by atoms with Crippen LogP contribution in [-0.2, 0) is 26.7 Å². The smallest absolute Gasteiger partial charge is 0.264 e. The van der Waals surface area contributed by atoms with Gasteiger partial charge in [-0.15, -0.1) is 0 Å². The minimum Gasteiger partial charge on any atom is -0.298 e. The Morgan fingerprint density at radius 3 is 2.52 bits per heavy atom. The minimum atomic E-state index is -4.05. The van der Waals surface area contributed by atoms with Gasteiger partial charge in [0.15, 0.2) is 0 Å². The van der Waals surface area contributed by atoms with Crippen LogP contribution >= 0.6 is 15.9 Å². The van der Waals surface area contributed by atoms with Crippen molar-refractivity contribution in [3.63, 3.8) is 0 Å². The van der Waals surface area contributed by atoms with Gasteiger partial charge in [0.1, 0.15) is 16.5 Å². The molecule has 0 aromatic heterocycles. The molecular formula is C18H15BrFNO3S. The number of hydrogen-bond acceptors (Lipinski definition) is 3. The largest absolute Gasteiger partial charge is 0.298 e. The molecule has 1 fully saturated rings. The van der Waals surface area contributed by atoms with Crippen molar-refractivity contribution in [2.75, 3.05) is 4.72 Å². The summed E-state index contributed by atoms with van der Waals surface area (Å²) < 4.78 is 42.0. The van der Waals surface area contributed by atoms with Gasteiger partial charge in [0.25, 0.3) is 10.0 Å². The molecule has 2 aromatic rings. The predicted octanol–water partition coefficient (Wildman–Crippen LogP) is 3.94. The van der Waals surface area contributed by atoms with Crippen molar-refractivity contribution in [1.82, 2.24) is 0 Å². The Hall–Kier alpha value is -1.73. The maximum atomic E-state index is 13.9. The van der Waals surface area contributed by atoms with Gasteiger partial charge in [0.05, 0.1) is 11.1 Å². The molecule has 2 aliphatic carbocycles. The van der Waals surface area contributed by atoms with E-state index in [1.54, 1.807) is 12.1 Å². The lowest BCUT2D eigenvalue weighted by Gasteiger charge is -2.37. The first-order valence-electron chi connectivity index (χ1n) is 7.97. The summed E-state index contributed by atoms with van der Waals surface area (Å²) in [5, 5.41) is 0. The topological polar surface area (TPSA) is 63.2 Å². The molecule has 7 heteroatoms. The molecular weight excluding hydrogens is 409 g/mol. The van der Waals surface area contributed by atoms with E-state index >= 15 is 0 Å². The monoisotopic (exact) mass is 423 g/mol. The minimum absolute atomic E-state index is 0.198. The average Bonchev–Trinajstić information content (AvgIpc) is 2.79. The number of Topliss-reactive ketones (excluding diaryl/α,β-unsaturated/α-hetero) is 1. The van der Waals surface area contributed by atoms with Gasteiger partial charge in [-0.05, 0) is 48.2 Å². The maximum Gasteiger partial charge on any atom is 0.264 e. The molecule has 1 saturated carbocycles. The number of fused-ring (bicyclic) bond motifs is 2. The standard InChI is InChI=1S/C18H15BrFNO3S/c19-14-9-11(21-25(23,24)16-5-2-1-4-15(16)20)8-13-12(14)10-17(22)18(13)6-3-7-18/h1-2,4-5,8-9,21H,3,6-7,10H2. The first-order valence-corrected chi connectivity index (χ1v) is 10.2. The maximum absolute atomic E-state index is 13.9. The van der Waals surface area contributed by atoms with Crippen LogP contribution in [0.5, 0.6) is 0 Å².